The van der Waals surface area contributed by atoms with Crippen LogP contribution in [0.4, 0.5) is 0 Å². The second-order valence-corrected chi connectivity index (χ2v) is 7.02. The Kier molecular flexibility index (Phi) is 4.94. The van der Waals surface area contributed by atoms with E-state index in [0.29, 0.717) is 56.7 Å². The SMILES string of the molecule is O=C(CCn1cnc2cc(-c3noc(-c4ccccn4)n3)ccc21)N1CCOCC1. The maximum atomic E-state index is 12.4. The van der Waals surface area contributed by atoms with Crippen LogP contribution < -0.4 is 0 Å². The summed E-state index contributed by atoms with van der Waals surface area (Å²) in [7, 11) is 0. The van der Waals surface area contributed by atoms with Gasteiger partial charge in [-0.25, -0.2) is 4.98 Å². The highest BCUT2D eigenvalue weighted by molar-refractivity contribution is 5.81. The summed E-state index contributed by atoms with van der Waals surface area (Å²) < 4.78 is 12.6. The summed E-state index contributed by atoms with van der Waals surface area (Å²) in [6, 6.07) is 11.3. The molecular formula is C21H20N6O3. The number of nitrogens with zero attached hydrogens (tertiary/aromatic N) is 6. The Labute approximate surface area is 172 Å². The van der Waals surface area contributed by atoms with Crippen molar-refractivity contribution in [1.29, 1.82) is 0 Å². The number of hydrogen-bond donors (Lipinski definition) is 0. The van der Waals surface area contributed by atoms with E-state index >= 15 is 0 Å². The minimum Gasteiger partial charge on any atom is -0.378 e. The molecule has 0 radical (unpaired) electrons. The molecule has 1 aliphatic rings. The van der Waals surface area contributed by atoms with Gasteiger partial charge in [-0.05, 0) is 30.3 Å². The Bertz CT molecular complexity index is 1160. The van der Waals surface area contributed by atoms with Crippen LogP contribution in [0, 0.1) is 0 Å². The van der Waals surface area contributed by atoms with Gasteiger partial charge in [0.1, 0.15) is 5.69 Å². The number of amides is 1. The molecule has 1 aliphatic heterocycles. The molecule has 4 aromatic rings. The van der Waals surface area contributed by atoms with Crippen LogP contribution in [0.3, 0.4) is 0 Å². The molecule has 0 N–H and O–H groups in total. The monoisotopic (exact) mass is 404 g/mol. The number of carbonyl (C=O) groups excluding carboxylic acids is 1. The van der Waals surface area contributed by atoms with Crippen molar-refractivity contribution in [2.45, 2.75) is 13.0 Å². The largest absolute Gasteiger partial charge is 0.378 e. The van der Waals surface area contributed by atoms with Crippen LogP contribution in [0.25, 0.3) is 34.0 Å². The number of imidazole rings is 1. The molecule has 152 valence electrons. The first-order valence-corrected chi connectivity index (χ1v) is 9.84. The van der Waals surface area contributed by atoms with Crippen LogP contribution in [0.15, 0.2) is 53.4 Å². The molecule has 1 aromatic carbocycles. The van der Waals surface area contributed by atoms with E-state index in [9.17, 15) is 4.79 Å². The maximum Gasteiger partial charge on any atom is 0.276 e. The molecule has 0 aliphatic carbocycles. The number of carbonyl (C=O) groups is 1. The number of aryl methyl sites for hydroxylation is 1. The Morgan fingerprint density at radius 1 is 1.10 bits per heavy atom. The average molecular weight is 404 g/mol. The number of aromatic nitrogens is 5. The van der Waals surface area contributed by atoms with Crippen LogP contribution in [0.5, 0.6) is 0 Å². The first-order valence-electron chi connectivity index (χ1n) is 9.84. The van der Waals surface area contributed by atoms with Crippen molar-refractivity contribution in [2.24, 2.45) is 0 Å². The number of rotatable bonds is 5. The molecule has 1 saturated heterocycles. The lowest BCUT2D eigenvalue weighted by molar-refractivity contribution is -0.135. The summed E-state index contributed by atoms with van der Waals surface area (Å²) in [5, 5.41) is 4.07. The number of benzene rings is 1. The molecular weight excluding hydrogens is 384 g/mol. The van der Waals surface area contributed by atoms with Gasteiger partial charge < -0.3 is 18.7 Å². The Hall–Kier alpha value is -3.59. The van der Waals surface area contributed by atoms with E-state index < -0.39 is 0 Å². The van der Waals surface area contributed by atoms with E-state index in [1.54, 1.807) is 12.5 Å². The van der Waals surface area contributed by atoms with Gasteiger partial charge in [0.15, 0.2) is 0 Å². The minimum atomic E-state index is 0.144. The summed E-state index contributed by atoms with van der Waals surface area (Å²) in [6.45, 7) is 3.13. The normalized spacial score (nSPS) is 14.3. The van der Waals surface area contributed by atoms with Gasteiger partial charge in [-0.3, -0.25) is 9.78 Å². The molecule has 9 heteroatoms. The average Bonchev–Trinajstić information content (AvgIpc) is 3.46. The minimum absolute atomic E-state index is 0.144. The Balaban J connectivity index is 1.31. The van der Waals surface area contributed by atoms with Gasteiger partial charge in [0, 0.05) is 37.8 Å². The third-order valence-electron chi connectivity index (χ3n) is 5.12. The fraction of sp³-hybridized carbons (Fsp3) is 0.286. The van der Waals surface area contributed by atoms with Gasteiger partial charge in [-0.15, -0.1) is 0 Å². The van der Waals surface area contributed by atoms with Crippen LogP contribution in [-0.4, -0.2) is 61.8 Å². The Morgan fingerprint density at radius 3 is 2.83 bits per heavy atom. The van der Waals surface area contributed by atoms with Gasteiger partial charge in [0.25, 0.3) is 5.89 Å². The van der Waals surface area contributed by atoms with Gasteiger partial charge in [-0.2, -0.15) is 4.98 Å². The summed E-state index contributed by atoms with van der Waals surface area (Å²) >= 11 is 0. The smallest absolute Gasteiger partial charge is 0.276 e. The van der Waals surface area contributed by atoms with Crippen LogP contribution in [0.1, 0.15) is 6.42 Å². The first kappa shape index (κ1) is 18.4. The van der Waals surface area contributed by atoms with E-state index in [1.807, 2.05) is 45.9 Å². The second-order valence-electron chi connectivity index (χ2n) is 7.02. The topological polar surface area (TPSA) is 99.2 Å². The maximum absolute atomic E-state index is 12.4. The molecule has 5 rings (SSSR count). The molecule has 3 aromatic heterocycles. The predicted molar refractivity (Wildman–Crippen MR) is 108 cm³/mol. The van der Waals surface area contributed by atoms with Crippen molar-refractivity contribution >= 4 is 16.9 Å². The summed E-state index contributed by atoms with van der Waals surface area (Å²) in [5.41, 5.74) is 3.21. The van der Waals surface area contributed by atoms with E-state index in [0.717, 1.165) is 16.6 Å². The molecule has 0 atom stereocenters. The fourth-order valence-corrected chi connectivity index (χ4v) is 3.50. The fourth-order valence-electron chi connectivity index (χ4n) is 3.50. The molecule has 0 spiro atoms. The van der Waals surface area contributed by atoms with Crippen molar-refractivity contribution < 1.29 is 14.1 Å². The summed E-state index contributed by atoms with van der Waals surface area (Å²) in [4.78, 5) is 27.4. The molecule has 0 unspecified atom stereocenters. The van der Waals surface area contributed by atoms with Gasteiger partial charge in [0.05, 0.1) is 30.6 Å². The van der Waals surface area contributed by atoms with Gasteiger partial charge in [-0.1, -0.05) is 11.2 Å². The lowest BCUT2D eigenvalue weighted by Gasteiger charge is -2.26. The van der Waals surface area contributed by atoms with E-state index in [4.69, 9.17) is 9.26 Å². The predicted octanol–water partition coefficient (Wildman–Crippen LogP) is 2.40. The van der Waals surface area contributed by atoms with Crippen molar-refractivity contribution in [1.82, 2.24) is 29.6 Å². The highest BCUT2D eigenvalue weighted by Crippen LogP contribution is 2.24. The summed E-state index contributed by atoms with van der Waals surface area (Å²) in [6.07, 6.45) is 3.88. The zero-order chi connectivity index (χ0) is 20.3. The number of morpholine rings is 1. The zero-order valence-electron chi connectivity index (χ0n) is 16.3. The molecule has 1 amide bonds. The number of hydrogen-bond acceptors (Lipinski definition) is 7. The molecule has 4 heterocycles. The lowest BCUT2D eigenvalue weighted by Crippen LogP contribution is -2.40. The Morgan fingerprint density at radius 2 is 2.00 bits per heavy atom. The van der Waals surface area contributed by atoms with Gasteiger partial charge >= 0.3 is 0 Å². The van der Waals surface area contributed by atoms with Gasteiger partial charge in [0.2, 0.25) is 11.7 Å². The van der Waals surface area contributed by atoms with Crippen molar-refractivity contribution in [2.75, 3.05) is 26.3 Å². The van der Waals surface area contributed by atoms with Crippen molar-refractivity contribution in [3.8, 4) is 23.0 Å². The van der Waals surface area contributed by atoms with Crippen molar-refractivity contribution in [3.05, 3.63) is 48.9 Å². The quantitative estimate of drug-likeness (QED) is 0.504. The lowest BCUT2D eigenvalue weighted by atomic mass is 10.2. The molecule has 0 bridgehead atoms. The second kappa shape index (κ2) is 8.03. The van der Waals surface area contributed by atoms with E-state index in [1.165, 1.54) is 0 Å². The summed E-state index contributed by atoms with van der Waals surface area (Å²) in [5.74, 6) is 0.998. The van der Waals surface area contributed by atoms with Crippen LogP contribution in [-0.2, 0) is 16.1 Å². The van der Waals surface area contributed by atoms with Crippen LogP contribution in [0.2, 0.25) is 0 Å². The molecule has 30 heavy (non-hydrogen) atoms. The first-order chi connectivity index (χ1) is 14.8. The van der Waals surface area contributed by atoms with E-state index in [-0.39, 0.29) is 5.91 Å². The third kappa shape index (κ3) is 3.67. The standard InChI is InChI=1S/C21H20N6O3/c28-19(26-9-11-29-12-10-26)6-8-27-14-23-17-13-15(4-5-18(17)27)20-24-21(30-25-20)16-3-1-2-7-22-16/h1-5,7,13-14H,6,8-12H2. The zero-order valence-corrected chi connectivity index (χ0v) is 16.3. The third-order valence-corrected chi connectivity index (χ3v) is 5.12. The highest BCUT2D eigenvalue weighted by atomic mass is 16.5. The van der Waals surface area contributed by atoms with Crippen molar-refractivity contribution in [3.63, 3.8) is 0 Å². The number of fused-ring (bicyclic) bond motifs is 1. The molecule has 9 nitrogen and oxygen atoms in total. The molecule has 1 fully saturated rings. The molecule has 0 saturated carbocycles. The highest BCUT2D eigenvalue weighted by Gasteiger charge is 2.17. The van der Waals surface area contributed by atoms with E-state index in [2.05, 4.69) is 20.1 Å². The number of pyridine rings is 1. The number of ether oxygens (including phenoxy) is 1. The van der Waals surface area contributed by atoms with Crippen LogP contribution >= 0.6 is 0 Å².